The first-order valence-electron chi connectivity index (χ1n) is 7.93. The molecule has 0 unspecified atom stereocenters. The van der Waals surface area contributed by atoms with Gasteiger partial charge >= 0.3 is 0 Å². The number of carbonyl (C=O) groups is 1. The van der Waals surface area contributed by atoms with Gasteiger partial charge in [-0.15, -0.1) is 0 Å². The van der Waals surface area contributed by atoms with E-state index in [-0.39, 0.29) is 5.78 Å². The molecule has 0 fully saturated rings. The van der Waals surface area contributed by atoms with Gasteiger partial charge < -0.3 is 4.74 Å². The van der Waals surface area contributed by atoms with Gasteiger partial charge in [-0.2, -0.15) is 0 Å². The number of Topliss-reactive ketones (excluding diaryl/α,β-unsaturated/α-hetero) is 1. The van der Waals surface area contributed by atoms with Crippen LogP contribution in [0.1, 0.15) is 17.5 Å². The smallest absolute Gasteiger partial charge is 0.162 e. The van der Waals surface area contributed by atoms with Crippen LogP contribution in [0.3, 0.4) is 0 Å². The number of rotatable bonds is 5. The second-order valence-corrected chi connectivity index (χ2v) is 6.78. The first-order valence-corrected chi connectivity index (χ1v) is 8.68. The molecule has 4 heteroatoms. The molecule has 0 spiro atoms. The molecule has 0 amide bonds. The van der Waals surface area contributed by atoms with Gasteiger partial charge in [-0.25, -0.2) is 0 Å². The van der Waals surface area contributed by atoms with Crippen molar-refractivity contribution < 1.29 is 9.53 Å². The maximum atomic E-state index is 12.0. The third-order valence-corrected chi connectivity index (χ3v) is 4.49. The summed E-state index contributed by atoms with van der Waals surface area (Å²) >= 11 is 12.1. The molecule has 25 heavy (non-hydrogen) atoms. The van der Waals surface area contributed by atoms with Crippen LogP contribution in [0, 0.1) is 6.92 Å². The summed E-state index contributed by atoms with van der Waals surface area (Å²) in [4.78, 5) is 12.0. The predicted octanol–water partition coefficient (Wildman–Crippen LogP) is 5.77. The van der Waals surface area contributed by atoms with E-state index < -0.39 is 0 Å². The zero-order valence-electron chi connectivity index (χ0n) is 13.6. The van der Waals surface area contributed by atoms with Gasteiger partial charge in [-0.3, -0.25) is 4.79 Å². The van der Waals surface area contributed by atoms with Crippen LogP contribution in [0.2, 0.25) is 10.0 Å². The van der Waals surface area contributed by atoms with E-state index in [1.54, 1.807) is 18.2 Å². The Balaban J connectivity index is 1.70. The van der Waals surface area contributed by atoms with Crippen molar-refractivity contribution in [2.24, 2.45) is 0 Å². The lowest BCUT2D eigenvalue weighted by Gasteiger charge is -2.12. The van der Waals surface area contributed by atoms with Crippen LogP contribution < -0.4 is 4.74 Å². The number of hydrogen-bond donors (Lipinski definition) is 0. The number of allylic oxidation sites excluding steroid dienone is 4. The Kier molecular flexibility index (Phi) is 5.62. The van der Waals surface area contributed by atoms with E-state index in [2.05, 4.69) is 6.92 Å². The van der Waals surface area contributed by atoms with Crippen molar-refractivity contribution in [2.45, 2.75) is 19.4 Å². The lowest BCUT2D eigenvalue weighted by molar-refractivity contribution is -0.115. The lowest BCUT2D eigenvalue weighted by Crippen LogP contribution is -2.08. The highest BCUT2D eigenvalue weighted by Crippen LogP contribution is 2.28. The number of carbonyl (C=O) groups excluding carboxylic acids is 1. The van der Waals surface area contributed by atoms with Gasteiger partial charge in [0, 0.05) is 29.5 Å². The van der Waals surface area contributed by atoms with Crippen LogP contribution in [0.25, 0.3) is 0 Å². The van der Waals surface area contributed by atoms with E-state index >= 15 is 0 Å². The Morgan fingerprint density at radius 2 is 1.88 bits per heavy atom. The molecule has 0 N–H and O–H groups in total. The fraction of sp³-hybridized carbons (Fsp3) is 0.143. The van der Waals surface area contributed by atoms with Gasteiger partial charge in [0.1, 0.15) is 12.4 Å². The minimum absolute atomic E-state index is 0.153. The van der Waals surface area contributed by atoms with E-state index in [0.717, 1.165) is 22.3 Å². The topological polar surface area (TPSA) is 26.3 Å². The Hall–Kier alpha value is -2.03. The molecule has 0 heterocycles. The summed E-state index contributed by atoms with van der Waals surface area (Å²) in [6.45, 7) is 4.29. The summed E-state index contributed by atoms with van der Waals surface area (Å²) in [5.41, 5.74) is 3.75. The van der Waals surface area contributed by atoms with Gasteiger partial charge in [0.25, 0.3) is 0 Å². The largest absolute Gasteiger partial charge is 0.487 e. The van der Waals surface area contributed by atoms with Gasteiger partial charge in [0.2, 0.25) is 0 Å². The average molecular weight is 372 g/mol. The van der Waals surface area contributed by atoms with Crippen molar-refractivity contribution in [2.75, 3.05) is 0 Å². The summed E-state index contributed by atoms with van der Waals surface area (Å²) in [7, 11) is 0. The Morgan fingerprint density at radius 1 is 1.08 bits per heavy atom. The fourth-order valence-electron chi connectivity index (χ4n) is 2.67. The van der Waals surface area contributed by atoms with Gasteiger partial charge in [-0.1, -0.05) is 65.2 Å². The minimum atomic E-state index is 0.153. The Morgan fingerprint density at radius 3 is 2.72 bits per heavy atom. The number of ether oxygens (including phenoxy) is 1. The van der Waals surface area contributed by atoms with Gasteiger partial charge in [0.15, 0.2) is 5.78 Å². The molecule has 0 saturated carbocycles. The molecule has 2 aromatic rings. The molecule has 0 bridgehead atoms. The van der Waals surface area contributed by atoms with Crippen LogP contribution in [0.4, 0.5) is 0 Å². The second-order valence-electron chi connectivity index (χ2n) is 5.94. The summed E-state index contributed by atoms with van der Waals surface area (Å²) in [6.07, 6.45) is 4.74. The third kappa shape index (κ3) is 4.75. The van der Waals surface area contributed by atoms with Crippen LogP contribution in [0.5, 0.6) is 5.75 Å². The van der Waals surface area contributed by atoms with Gasteiger partial charge in [-0.05, 0) is 30.2 Å². The lowest BCUT2D eigenvalue weighted by atomic mass is 9.93. The number of halogens is 2. The predicted molar refractivity (Wildman–Crippen MR) is 102 cm³/mol. The maximum absolute atomic E-state index is 12.0. The van der Waals surface area contributed by atoms with Crippen molar-refractivity contribution in [3.05, 3.63) is 93.9 Å². The summed E-state index contributed by atoms with van der Waals surface area (Å²) < 4.78 is 5.77. The molecular weight excluding hydrogens is 355 g/mol. The molecule has 0 atom stereocenters. The van der Waals surface area contributed by atoms with E-state index in [1.807, 2.05) is 36.4 Å². The minimum Gasteiger partial charge on any atom is -0.487 e. The molecule has 1 aliphatic carbocycles. The van der Waals surface area contributed by atoms with Crippen LogP contribution >= 0.6 is 23.2 Å². The quantitative estimate of drug-likeness (QED) is 0.666. The van der Waals surface area contributed by atoms with Gasteiger partial charge in [0.05, 0.1) is 5.02 Å². The number of benzene rings is 2. The monoisotopic (exact) mass is 371 g/mol. The highest BCUT2D eigenvalue weighted by molar-refractivity contribution is 6.34. The second kappa shape index (κ2) is 7.90. The molecular formula is C21H17Cl2O2. The van der Waals surface area contributed by atoms with Crippen LogP contribution in [-0.2, 0) is 17.8 Å². The molecule has 0 aliphatic heterocycles. The summed E-state index contributed by atoms with van der Waals surface area (Å²) in [5.74, 6) is 0.705. The van der Waals surface area contributed by atoms with Crippen molar-refractivity contribution in [1.29, 1.82) is 0 Å². The molecule has 0 saturated heterocycles. The van der Waals surface area contributed by atoms with Crippen LogP contribution in [0.15, 0.2) is 65.8 Å². The fourth-order valence-corrected chi connectivity index (χ4v) is 3.00. The zero-order chi connectivity index (χ0) is 17.8. The molecule has 2 nitrogen and oxygen atoms in total. The van der Waals surface area contributed by atoms with E-state index in [0.29, 0.717) is 35.2 Å². The van der Waals surface area contributed by atoms with Crippen LogP contribution in [-0.4, -0.2) is 5.78 Å². The van der Waals surface area contributed by atoms with E-state index in [4.69, 9.17) is 27.9 Å². The first kappa shape index (κ1) is 17.8. The van der Waals surface area contributed by atoms with Crippen molar-refractivity contribution in [3.63, 3.8) is 0 Å². The standard InChI is InChI=1S/C21H17Cl2O2/c1-14-5-8-20(24)17(9-14)11-15-3-2-4-16(10-15)13-25-21-12-18(22)6-7-19(21)23/h2-7,9-10,12H,1,8,11,13H2. The third-order valence-electron chi connectivity index (χ3n) is 3.94. The van der Waals surface area contributed by atoms with E-state index in [9.17, 15) is 4.79 Å². The molecule has 1 aliphatic rings. The van der Waals surface area contributed by atoms with E-state index in [1.165, 1.54) is 0 Å². The zero-order valence-corrected chi connectivity index (χ0v) is 15.1. The SMILES string of the molecule is [CH2]C1=CCC(=O)C(Cc2cccc(COc3cc(Cl)ccc3Cl)c2)=C1. The van der Waals surface area contributed by atoms with Crippen molar-refractivity contribution >= 4 is 29.0 Å². The molecule has 2 aromatic carbocycles. The first-order chi connectivity index (χ1) is 12.0. The number of ketones is 1. The summed E-state index contributed by atoms with van der Waals surface area (Å²) in [5, 5.41) is 1.10. The van der Waals surface area contributed by atoms with Crippen molar-refractivity contribution in [1.82, 2.24) is 0 Å². The average Bonchev–Trinajstić information content (AvgIpc) is 2.59. The van der Waals surface area contributed by atoms with Crippen molar-refractivity contribution in [3.8, 4) is 5.75 Å². The molecule has 0 aromatic heterocycles. The molecule has 3 rings (SSSR count). The normalized spacial score (nSPS) is 14.1. The Labute approximate surface area is 157 Å². The number of hydrogen-bond acceptors (Lipinski definition) is 2. The molecule has 127 valence electrons. The highest BCUT2D eigenvalue weighted by Gasteiger charge is 2.13. The molecule has 1 radical (unpaired) electrons. The maximum Gasteiger partial charge on any atom is 0.162 e. The highest BCUT2D eigenvalue weighted by atomic mass is 35.5. The Bertz CT molecular complexity index is 866. The summed E-state index contributed by atoms with van der Waals surface area (Å²) in [6, 6.07) is 13.1.